The Labute approximate surface area is 182 Å². The molecule has 31 heavy (non-hydrogen) atoms. The van der Waals surface area contributed by atoms with Crippen molar-refractivity contribution >= 4 is 29.3 Å². The van der Waals surface area contributed by atoms with Gasteiger partial charge in [0.1, 0.15) is 0 Å². The van der Waals surface area contributed by atoms with E-state index < -0.39 is 5.91 Å². The molecule has 164 valence electrons. The number of ether oxygens (including phenoxy) is 2. The number of likely N-dealkylation sites (N-methyl/N-ethyl adjacent to an activating group) is 1. The first kappa shape index (κ1) is 22.2. The van der Waals surface area contributed by atoms with Crippen LogP contribution in [0.1, 0.15) is 5.56 Å². The average molecular weight is 425 g/mol. The number of para-hydroxylation sites is 2. The third-order valence-corrected chi connectivity index (χ3v) is 4.99. The molecule has 1 fully saturated rings. The van der Waals surface area contributed by atoms with Crippen molar-refractivity contribution in [2.24, 2.45) is 5.73 Å². The largest absolute Gasteiger partial charge is 0.493 e. The van der Waals surface area contributed by atoms with E-state index in [-0.39, 0.29) is 12.5 Å². The number of primary amides is 1. The highest BCUT2D eigenvalue weighted by Gasteiger charge is 2.17. The molecule has 2 aromatic rings. The summed E-state index contributed by atoms with van der Waals surface area (Å²) in [6.07, 6.45) is 3.16. The lowest BCUT2D eigenvalue weighted by Crippen LogP contribution is -2.44. The van der Waals surface area contributed by atoms with Gasteiger partial charge in [-0.1, -0.05) is 18.2 Å². The zero-order valence-electron chi connectivity index (χ0n) is 17.8. The number of hydrogen-bond acceptors (Lipinski definition) is 6. The summed E-state index contributed by atoms with van der Waals surface area (Å²) in [7, 11) is 3.61. The fourth-order valence-electron chi connectivity index (χ4n) is 3.30. The maximum absolute atomic E-state index is 12.5. The second kappa shape index (κ2) is 10.5. The Kier molecular flexibility index (Phi) is 7.50. The molecule has 0 aromatic heterocycles. The zero-order valence-corrected chi connectivity index (χ0v) is 17.8. The molecule has 0 saturated carbocycles. The molecule has 0 spiro atoms. The van der Waals surface area contributed by atoms with Gasteiger partial charge in [-0.25, -0.2) is 0 Å². The summed E-state index contributed by atoms with van der Waals surface area (Å²) in [6.45, 7) is 3.58. The van der Waals surface area contributed by atoms with Gasteiger partial charge in [-0.15, -0.1) is 0 Å². The molecule has 1 aliphatic rings. The lowest BCUT2D eigenvalue weighted by atomic mass is 10.2. The molecule has 1 saturated heterocycles. The summed E-state index contributed by atoms with van der Waals surface area (Å²) < 4.78 is 10.6. The fourth-order valence-corrected chi connectivity index (χ4v) is 3.30. The van der Waals surface area contributed by atoms with E-state index in [0.29, 0.717) is 11.5 Å². The van der Waals surface area contributed by atoms with E-state index in [1.54, 1.807) is 24.3 Å². The second-order valence-electron chi connectivity index (χ2n) is 7.30. The third kappa shape index (κ3) is 6.23. The molecule has 3 rings (SSSR count). The van der Waals surface area contributed by atoms with Gasteiger partial charge in [-0.2, -0.15) is 0 Å². The van der Waals surface area contributed by atoms with Crippen LogP contribution in [0.15, 0.2) is 48.5 Å². The number of carbonyl (C=O) groups excluding carboxylic acids is 2. The Morgan fingerprint density at radius 2 is 1.84 bits per heavy atom. The zero-order chi connectivity index (χ0) is 22.2. The number of methoxy groups -OCH3 is 1. The van der Waals surface area contributed by atoms with Crippen molar-refractivity contribution in [1.29, 1.82) is 0 Å². The standard InChI is InChI=1S/C23H28N4O4/c1-26-11-13-27(14-12-26)19-6-4-3-5-18(19)25-23(29)10-8-17-7-9-20(21(15-17)30-2)31-16-22(24)28/h3-10,15H,11-14,16H2,1-2H3,(H2,24,28)(H,25,29)/b10-8+. The molecule has 2 amide bonds. The van der Waals surface area contributed by atoms with E-state index in [9.17, 15) is 9.59 Å². The normalized spacial score (nSPS) is 14.5. The number of rotatable bonds is 8. The van der Waals surface area contributed by atoms with Gasteiger partial charge in [0.2, 0.25) is 5.91 Å². The van der Waals surface area contributed by atoms with Crippen LogP contribution in [0.25, 0.3) is 6.08 Å². The number of anilines is 2. The number of nitrogens with one attached hydrogen (secondary N) is 1. The number of nitrogens with zero attached hydrogens (tertiary/aromatic N) is 2. The summed E-state index contributed by atoms with van der Waals surface area (Å²) in [6, 6.07) is 13.0. The van der Waals surface area contributed by atoms with Crippen LogP contribution in [-0.2, 0) is 9.59 Å². The smallest absolute Gasteiger partial charge is 0.255 e. The monoisotopic (exact) mass is 424 g/mol. The molecule has 0 atom stereocenters. The molecule has 1 heterocycles. The molecule has 0 radical (unpaired) electrons. The molecule has 2 aromatic carbocycles. The van der Waals surface area contributed by atoms with Gasteiger partial charge in [-0.05, 0) is 43.0 Å². The molecule has 3 N–H and O–H groups in total. The number of benzene rings is 2. The lowest BCUT2D eigenvalue weighted by molar-refractivity contribution is -0.120. The molecule has 0 aliphatic carbocycles. The van der Waals surface area contributed by atoms with Crippen molar-refractivity contribution < 1.29 is 19.1 Å². The van der Waals surface area contributed by atoms with Crippen LogP contribution in [0.5, 0.6) is 11.5 Å². The first-order valence-corrected chi connectivity index (χ1v) is 10.1. The van der Waals surface area contributed by atoms with E-state index in [2.05, 4.69) is 22.2 Å². The number of nitrogens with two attached hydrogens (primary N) is 1. The number of amides is 2. The Morgan fingerprint density at radius 1 is 1.10 bits per heavy atom. The summed E-state index contributed by atoms with van der Waals surface area (Å²) in [4.78, 5) is 28.0. The van der Waals surface area contributed by atoms with Gasteiger partial charge in [0.15, 0.2) is 18.1 Å². The quantitative estimate of drug-likeness (QED) is 0.629. The van der Waals surface area contributed by atoms with E-state index in [0.717, 1.165) is 43.1 Å². The minimum absolute atomic E-state index is 0.227. The van der Waals surface area contributed by atoms with Gasteiger partial charge in [0.05, 0.1) is 18.5 Å². The van der Waals surface area contributed by atoms with Crippen molar-refractivity contribution in [3.8, 4) is 11.5 Å². The highest BCUT2D eigenvalue weighted by Crippen LogP contribution is 2.29. The second-order valence-corrected chi connectivity index (χ2v) is 7.30. The van der Waals surface area contributed by atoms with Crippen molar-refractivity contribution in [2.45, 2.75) is 0 Å². The van der Waals surface area contributed by atoms with E-state index in [1.165, 1.54) is 13.2 Å². The fraction of sp³-hybridized carbons (Fsp3) is 0.304. The van der Waals surface area contributed by atoms with Crippen LogP contribution >= 0.6 is 0 Å². The van der Waals surface area contributed by atoms with Crippen LogP contribution in [0.3, 0.4) is 0 Å². The van der Waals surface area contributed by atoms with Crippen LogP contribution in [0, 0.1) is 0 Å². The molecule has 1 aliphatic heterocycles. The first-order valence-electron chi connectivity index (χ1n) is 10.1. The highest BCUT2D eigenvalue weighted by molar-refractivity contribution is 6.03. The topological polar surface area (TPSA) is 97.1 Å². The summed E-state index contributed by atoms with van der Waals surface area (Å²) in [5, 5.41) is 2.97. The average Bonchev–Trinajstić information content (AvgIpc) is 2.77. The van der Waals surface area contributed by atoms with Crippen LogP contribution in [0.4, 0.5) is 11.4 Å². The number of piperazine rings is 1. The predicted octanol–water partition coefficient (Wildman–Crippen LogP) is 1.96. The Hall–Kier alpha value is -3.52. The van der Waals surface area contributed by atoms with Gasteiger partial charge in [0.25, 0.3) is 5.91 Å². The summed E-state index contributed by atoms with van der Waals surface area (Å²) in [5.41, 5.74) is 7.67. The molecule has 0 bridgehead atoms. The minimum atomic E-state index is -0.570. The molecule has 8 nitrogen and oxygen atoms in total. The van der Waals surface area contributed by atoms with E-state index in [1.807, 2.05) is 24.3 Å². The maximum Gasteiger partial charge on any atom is 0.255 e. The van der Waals surface area contributed by atoms with Crippen molar-refractivity contribution in [3.05, 3.63) is 54.1 Å². The van der Waals surface area contributed by atoms with Crippen LogP contribution in [0.2, 0.25) is 0 Å². The summed E-state index contributed by atoms with van der Waals surface area (Å²) in [5.74, 6) is 0.0578. The van der Waals surface area contributed by atoms with Gasteiger partial charge < -0.3 is 30.3 Å². The maximum atomic E-state index is 12.5. The Balaban J connectivity index is 1.66. The number of carbonyl (C=O) groups is 2. The summed E-state index contributed by atoms with van der Waals surface area (Å²) >= 11 is 0. The van der Waals surface area contributed by atoms with E-state index >= 15 is 0 Å². The van der Waals surface area contributed by atoms with Crippen molar-refractivity contribution in [1.82, 2.24) is 4.90 Å². The third-order valence-electron chi connectivity index (χ3n) is 4.99. The Morgan fingerprint density at radius 3 is 2.55 bits per heavy atom. The first-order chi connectivity index (χ1) is 15.0. The van der Waals surface area contributed by atoms with Crippen LogP contribution < -0.4 is 25.4 Å². The van der Waals surface area contributed by atoms with Gasteiger partial charge in [-0.3, -0.25) is 9.59 Å². The molecule has 8 heteroatoms. The SMILES string of the molecule is COc1cc(/C=C/C(=O)Nc2ccccc2N2CCN(C)CC2)ccc1OCC(N)=O. The molecule has 0 unspecified atom stereocenters. The Bertz CT molecular complexity index is 952. The van der Waals surface area contributed by atoms with Crippen LogP contribution in [-0.4, -0.2) is 63.7 Å². The molecular formula is C23H28N4O4. The van der Waals surface area contributed by atoms with E-state index in [4.69, 9.17) is 15.2 Å². The minimum Gasteiger partial charge on any atom is -0.493 e. The lowest BCUT2D eigenvalue weighted by Gasteiger charge is -2.35. The number of hydrogen-bond donors (Lipinski definition) is 2. The van der Waals surface area contributed by atoms with Crippen molar-refractivity contribution in [3.63, 3.8) is 0 Å². The molecular weight excluding hydrogens is 396 g/mol. The predicted molar refractivity (Wildman–Crippen MR) is 121 cm³/mol. The van der Waals surface area contributed by atoms with Gasteiger partial charge >= 0.3 is 0 Å². The van der Waals surface area contributed by atoms with Crippen molar-refractivity contribution in [2.75, 3.05) is 57.2 Å². The highest BCUT2D eigenvalue weighted by atomic mass is 16.5. The van der Waals surface area contributed by atoms with Gasteiger partial charge in [0, 0.05) is 32.3 Å².